The van der Waals surface area contributed by atoms with E-state index in [0.29, 0.717) is 23.2 Å². The van der Waals surface area contributed by atoms with Gasteiger partial charge >= 0.3 is 11.9 Å². The minimum atomic E-state index is -2.05. The molecule has 4 rings (SSSR count). The normalized spacial score (nSPS) is 16.9. The lowest BCUT2D eigenvalue weighted by Gasteiger charge is -2.31. The lowest BCUT2D eigenvalue weighted by atomic mass is 9.96. The quantitative estimate of drug-likeness (QED) is 0.0142. The number of likely N-dealkylation sites (tertiary alicyclic amines) is 1. The molecule has 2 heterocycles. The van der Waals surface area contributed by atoms with Crippen molar-refractivity contribution in [1.29, 1.82) is 0 Å². The highest BCUT2D eigenvalue weighted by molar-refractivity contribution is 6.01. The molecule has 1 aliphatic rings. The number of aliphatic hydroxyl groups excluding tert-OH is 4. The zero-order valence-corrected chi connectivity index (χ0v) is 71.0. The number of nitrogens with zero attached hydrogens (tertiary/aromatic N) is 3. The molecule has 14 amide bonds. The molecule has 3 aromatic rings. The van der Waals surface area contributed by atoms with E-state index in [1.165, 1.54) is 31.6 Å². The lowest BCUT2D eigenvalue weighted by molar-refractivity contribution is -0.146. The third-order valence-corrected chi connectivity index (χ3v) is 20.4. The van der Waals surface area contributed by atoms with Gasteiger partial charge in [-0.1, -0.05) is 111 Å². The Bertz CT molecular complexity index is 4080. The summed E-state index contributed by atoms with van der Waals surface area (Å²) in [5.74, 6) is -19.6. The van der Waals surface area contributed by atoms with Gasteiger partial charge in [-0.15, -0.1) is 0 Å². The first-order valence-corrected chi connectivity index (χ1v) is 40.8. The predicted molar refractivity (Wildman–Crippen MR) is 443 cm³/mol. The number of hydrogen-bond acceptors (Lipinski definition) is 24. The Balaban J connectivity index is 1.52. The van der Waals surface area contributed by atoms with Gasteiger partial charge in [0.15, 0.2) is 12.0 Å². The first-order chi connectivity index (χ1) is 57.9. The number of benzene rings is 2. The molecule has 19 atom stereocenters. The number of carbonyl (C=O) groups excluding carboxylic acids is 14. The van der Waals surface area contributed by atoms with E-state index in [1.54, 1.807) is 97.9 Å². The van der Waals surface area contributed by atoms with Gasteiger partial charge in [-0.05, 0) is 113 Å². The summed E-state index contributed by atoms with van der Waals surface area (Å²) in [6, 6.07) is -9.22. The molecule has 43 nitrogen and oxygen atoms in total. The molecule has 123 heavy (non-hydrogen) atoms. The second-order valence-electron chi connectivity index (χ2n) is 31.6. The monoisotopic (exact) mass is 1730 g/mol. The molecule has 2 aromatic carbocycles. The summed E-state index contributed by atoms with van der Waals surface area (Å²) in [6.45, 7) is 14.5. The number of guanidine groups is 1. The number of aliphatic imine (C=N–C) groups is 1. The van der Waals surface area contributed by atoms with Crippen LogP contribution in [0.4, 0.5) is 0 Å². The maximum atomic E-state index is 14.5. The Morgan fingerprint density at radius 3 is 1.46 bits per heavy atom. The van der Waals surface area contributed by atoms with E-state index in [0.717, 1.165) is 18.7 Å². The number of imidazole rings is 1. The van der Waals surface area contributed by atoms with E-state index in [4.69, 9.17) is 17.2 Å². The van der Waals surface area contributed by atoms with Crippen molar-refractivity contribution in [3.63, 3.8) is 0 Å². The summed E-state index contributed by atoms with van der Waals surface area (Å²) in [5, 5.41) is 103. The fourth-order valence-corrected chi connectivity index (χ4v) is 13.1. The Hall–Kier alpha value is -12.0. The number of carboxylic acid groups (broad SMARTS) is 2. The van der Waals surface area contributed by atoms with Crippen LogP contribution in [0.2, 0.25) is 0 Å². The summed E-state index contributed by atoms with van der Waals surface area (Å²) in [4.78, 5) is 234. The van der Waals surface area contributed by atoms with Crippen molar-refractivity contribution in [3.05, 3.63) is 83.9 Å². The zero-order valence-electron chi connectivity index (χ0n) is 71.0. The van der Waals surface area contributed by atoms with Crippen LogP contribution in [0.5, 0.6) is 5.75 Å². The number of amides is 14. The summed E-state index contributed by atoms with van der Waals surface area (Å²) < 4.78 is 0. The average molecular weight is 1730 g/mol. The summed E-state index contributed by atoms with van der Waals surface area (Å²) >= 11 is 0. The number of H-pyrrole nitrogens is 1. The smallest absolute Gasteiger partial charge is 0.328 e. The Morgan fingerprint density at radius 1 is 0.504 bits per heavy atom. The molecular weight excluding hydrogens is 1610 g/mol. The predicted octanol–water partition coefficient (Wildman–Crippen LogP) is -5.67. The van der Waals surface area contributed by atoms with Crippen LogP contribution in [0, 0.1) is 23.7 Å². The van der Waals surface area contributed by atoms with E-state index in [9.17, 15) is 112 Å². The molecule has 0 aliphatic carbocycles. The van der Waals surface area contributed by atoms with Gasteiger partial charge in [0.1, 0.15) is 84.3 Å². The molecule has 0 radical (unpaired) electrons. The summed E-state index contributed by atoms with van der Waals surface area (Å²) in [7, 11) is 0. The SMILES string of the molecule is CC[C@H](C)[C@H](NC(=O)[C@H](CC(C)C)NC(=O)[C@H](Cc1cnc[nH]1)NC(=O)[C@H](C)NC(=O)[C@H](CC(C)C)NC(=O)[C@H](CC(=O)O)NC(=O)[C@H](CO)NC(=O)[C@H](CCCN=C(N)N)NC(=O)[C@@H]1CCCN1C(=O)[C@H](CO)NC(=O)[C@H](Cc1ccccc1)NC(=O)[C@@H](NC(=O)[C@@H](N)Cc1ccc(O)cc1)[C@@H](C)CC)C(=O)N[C@H](C(=O)N[C@H](C(=O)O)[C@@H](C)O)[C@@H](C)O. The number of phenolic OH excluding ortho intramolecular Hbond substituents is 1. The molecule has 1 aromatic heterocycles. The number of aromatic nitrogens is 2. The van der Waals surface area contributed by atoms with E-state index in [2.05, 4.69) is 84.1 Å². The maximum Gasteiger partial charge on any atom is 0.328 e. The number of nitrogens with two attached hydrogens (primary N) is 3. The Kier molecular flexibility index (Phi) is 42.9. The minimum absolute atomic E-state index is 0.00335. The van der Waals surface area contributed by atoms with Crippen LogP contribution in [0.25, 0.3) is 0 Å². The number of phenols is 1. The molecule has 43 heteroatoms. The molecule has 682 valence electrons. The number of nitrogens with one attached hydrogen (secondary N) is 14. The zero-order chi connectivity index (χ0) is 92.2. The van der Waals surface area contributed by atoms with Crippen LogP contribution in [0.15, 0.2) is 72.1 Å². The second kappa shape index (κ2) is 51.1. The van der Waals surface area contributed by atoms with Gasteiger partial charge in [-0.2, -0.15) is 0 Å². The number of carboxylic acids is 2. The van der Waals surface area contributed by atoms with Gasteiger partial charge in [0, 0.05) is 37.8 Å². The first kappa shape index (κ1) is 103. The minimum Gasteiger partial charge on any atom is -0.508 e. The van der Waals surface area contributed by atoms with Gasteiger partial charge < -0.3 is 132 Å². The topological polar surface area (TPSA) is 693 Å². The number of carbonyl (C=O) groups is 16. The Labute approximate surface area is 712 Å². The number of rotatable bonds is 52. The lowest BCUT2D eigenvalue weighted by Crippen LogP contribution is -2.62. The molecule has 1 aliphatic heterocycles. The van der Waals surface area contributed by atoms with Crippen LogP contribution in [0.1, 0.15) is 151 Å². The molecule has 1 fully saturated rings. The Morgan fingerprint density at radius 2 is 0.951 bits per heavy atom. The number of aromatic amines is 1. The third kappa shape index (κ3) is 34.1. The molecule has 0 saturated carbocycles. The molecule has 27 N–H and O–H groups in total. The van der Waals surface area contributed by atoms with Crippen molar-refractivity contribution < 1.29 is 112 Å². The van der Waals surface area contributed by atoms with Crippen molar-refractivity contribution in [1.82, 2.24) is 84.0 Å². The van der Waals surface area contributed by atoms with E-state index in [1.807, 2.05) is 0 Å². The average Bonchev–Trinajstić information content (AvgIpc) is 1.74. The second-order valence-corrected chi connectivity index (χ2v) is 31.6. The van der Waals surface area contributed by atoms with Crippen LogP contribution in [0.3, 0.4) is 0 Å². The largest absolute Gasteiger partial charge is 0.508 e. The molecule has 0 unspecified atom stereocenters. The van der Waals surface area contributed by atoms with Gasteiger partial charge in [0.2, 0.25) is 82.7 Å². The number of aliphatic carboxylic acids is 2. The first-order valence-electron chi connectivity index (χ1n) is 40.8. The van der Waals surface area contributed by atoms with Crippen molar-refractivity contribution in [2.75, 3.05) is 26.3 Å². The number of aromatic hydroxyl groups is 1. The highest BCUT2D eigenvalue weighted by Gasteiger charge is 2.43. The van der Waals surface area contributed by atoms with Crippen LogP contribution >= 0.6 is 0 Å². The molecule has 1 saturated heterocycles. The van der Waals surface area contributed by atoms with Crippen LogP contribution in [-0.2, 0) is 96.0 Å². The maximum absolute atomic E-state index is 14.5. The van der Waals surface area contributed by atoms with E-state index < -0.39 is 235 Å². The highest BCUT2D eigenvalue weighted by atomic mass is 16.4. The van der Waals surface area contributed by atoms with E-state index in [-0.39, 0.29) is 94.9 Å². The summed E-state index contributed by atoms with van der Waals surface area (Å²) in [5.41, 5.74) is 18.9. The van der Waals surface area contributed by atoms with Crippen LogP contribution in [-0.4, -0.2) is 280 Å². The third-order valence-electron chi connectivity index (χ3n) is 20.4. The number of aliphatic hydroxyl groups is 4. The van der Waals surface area contributed by atoms with Gasteiger partial charge in [0.05, 0.1) is 44.2 Å². The highest BCUT2D eigenvalue weighted by Crippen LogP contribution is 2.22. The van der Waals surface area contributed by atoms with Crippen molar-refractivity contribution >= 4 is 101 Å². The van der Waals surface area contributed by atoms with Crippen molar-refractivity contribution in [3.8, 4) is 5.75 Å². The number of hydrogen-bond donors (Lipinski definition) is 24. The fourth-order valence-electron chi connectivity index (χ4n) is 13.1. The summed E-state index contributed by atoms with van der Waals surface area (Å²) in [6.07, 6.45) is -1.88. The van der Waals surface area contributed by atoms with E-state index >= 15 is 0 Å². The van der Waals surface area contributed by atoms with Gasteiger partial charge in [0.25, 0.3) is 0 Å². The molecule has 0 bridgehead atoms. The molecular formula is C80H124N20O23. The van der Waals surface area contributed by atoms with Crippen molar-refractivity contribution in [2.45, 2.75) is 256 Å². The molecule has 0 spiro atoms. The van der Waals surface area contributed by atoms with Crippen LogP contribution < -0.4 is 86.3 Å². The van der Waals surface area contributed by atoms with Crippen molar-refractivity contribution in [2.24, 2.45) is 45.9 Å². The van der Waals surface area contributed by atoms with Gasteiger partial charge in [-0.3, -0.25) is 76.9 Å². The van der Waals surface area contributed by atoms with Gasteiger partial charge in [-0.25, -0.2) is 9.78 Å². The standard InChI is InChI=1S/C80H124N20O23/c1-12-41(7)61(96-66(109)50(81)31-47-23-25-49(105)26-24-47)75(118)93-54(32-46-19-15-14-16-20-46)69(112)95-58(37-102)78(121)100-28-18-22-59(100)74(117)88-51(21-17-27-85-80(82)83)67(110)94-57(36-101)73(116)92-56(34-60(106)107)71(114)90-52(29-39(3)4)68(111)87-43(9)65(108)89-55(33-48-35-84-38-86-48)70(113)91-53(30-40(5)6)72(115)97-62(42(8)13-2)76(119)98-63(44(10)103)77(120)99-64(45(11)104)79(122)123/h14-16,19-20,23-26,35,38-45,50-59,61-64,101-105H,12-13,17-18,21-22,27-34,36-37,81H2,1-11H3,(H,84,86)(H,87,111)(H,88,117)(H,89,108)(H,90,114)(H,91,113)(H,92,116)(H,93,118)(H,94,110)(H,95,112)(H,96,109)(H,97,115)(H,98,119)(H,99,120)(H,106,107)(H,122,123)(H4,82,83,85)/t41-,42-,43-,44+,45+,50-,51-,52-,53-,54-,55-,56-,57-,58-,59-,61-,62-,63-,64-/m0/s1. The fraction of sp³-hybridized carbons (Fsp3) is 0.600.